The van der Waals surface area contributed by atoms with Crippen molar-refractivity contribution in [2.24, 2.45) is 0 Å². The Hall–Kier alpha value is -1.29. The molecule has 1 aromatic rings. The van der Waals surface area contributed by atoms with Gasteiger partial charge in [-0.1, -0.05) is 0 Å². The molecule has 1 saturated heterocycles. The molecule has 1 N–H and O–H groups in total. The van der Waals surface area contributed by atoms with Gasteiger partial charge in [-0.15, -0.1) is 0 Å². The standard InChI is InChI=1S/C13H20N2O2/c1-10-6-7-14-13(2,3)12(16)15(10)9-11-5-4-8-17-11/h4-5,8,10,14H,6-7,9H2,1-3H3. The number of hydrogen-bond donors (Lipinski definition) is 1. The number of furan rings is 1. The van der Waals surface area contributed by atoms with Crippen molar-refractivity contribution in [1.82, 2.24) is 10.2 Å². The molecular formula is C13H20N2O2. The quantitative estimate of drug-likeness (QED) is 0.851. The van der Waals surface area contributed by atoms with Crippen molar-refractivity contribution in [2.75, 3.05) is 6.54 Å². The van der Waals surface area contributed by atoms with Gasteiger partial charge in [0.05, 0.1) is 18.3 Å². The van der Waals surface area contributed by atoms with Gasteiger partial charge in [-0.25, -0.2) is 0 Å². The Kier molecular flexibility index (Phi) is 3.24. The van der Waals surface area contributed by atoms with Gasteiger partial charge in [0.25, 0.3) is 0 Å². The molecule has 1 amide bonds. The van der Waals surface area contributed by atoms with E-state index in [0.717, 1.165) is 18.7 Å². The average molecular weight is 236 g/mol. The van der Waals surface area contributed by atoms with E-state index < -0.39 is 5.54 Å². The van der Waals surface area contributed by atoms with E-state index in [9.17, 15) is 4.79 Å². The van der Waals surface area contributed by atoms with Crippen LogP contribution in [0.4, 0.5) is 0 Å². The summed E-state index contributed by atoms with van der Waals surface area (Å²) in [5.74, 6) is 0.974. The minimum Gasteiger partial charge on any atom is -0.467 e. The summed E-state index contributed by atoms with van der Waals surface area (Å²) in [7, 11) is 0. The predicted molar refractivity (Wildman–Crippen MR) is 65.4 cm³/mol. The van der Waals surface area contributed by atoms with E-state index in [1.165, 1.54) is 0 Å². The molecule has 17 heavy (non-hydrogen) atoms. The number of rotatable bonds is 2. The molecule has 0 bridgehead atoms. The molecular weight excluding hydrogens is 216 g/mol. The van der Waals surface area contributed by atoms with Gasteiger partial charge in [0, 0.05) is 6.04 Å². The first-order valence-electron chi connectivity index (χ1n) is 6.09. The Balaban J connectivity index is 2.19. The monoisotopic (exact) mass is 236 g/mol. The lowest BCUT2D eigenvalue weighted by Crippen LogP contribution is -2.52. The van der Waals surface area contributed by atoms with Crippen LogP contribution in [-0.4, -0.2) is 28.9 Å². The summed E-state index contributed by atoms with van der Waals surface area (Å²) in [4.78, 5) is 14.3. The maximum Gasteiger partial charge on any atom is 0.242 e. The molecule has 4 nitrogen and oxygen atoms in total. The summed E-state index contributed by atoms with van der Waals surface area (Å²) in [6.45, 7) is 7.38. The maximum atomic E-state index is 12.4. The third-order valence-corrected chi connectivity index (χ3v) is 3.36. The molecule has 1 fully saturated rings. The van der Waals surface area contributed by atoms with Gasteiger partial charge in [0.2, 0.25) is 5.91 Å². The first kappa shape index (κ1) is 12.2. The highest BCUT2D eigenvalue weighted by Crippen LogP contribution is 2.20. The number of carbonyl (C=O) groups is 1. The zero-order chi connectivity index (χ0) is 12.5. The first-order valence-corrected chi connectivity index (χ1v) is 6.09. The summed E-state index contributed by atoms with van der Waals surface area (Å²) < 4.78 is 5.33. The van der Waals surface area contributed by atoms with Crippen molar-refractivity contribution in [2.45, 2.75) is 45.3 Å². The van der Waals surface area contributed by atoms with E-state index in [2.05, 4.69) is 12.2 Å². The van der Waals surface area contributed by atoms with E-state index in [-0.39, 0.29) is 11.9 Å². The molecule has 0 radical (unpaired) electrons. The van der Waals surface area contributed by atoms with Gasteiger partial charge < -0.3 is 14.6 Å². The molecule has 0 saturated carbocycles. The molecule has 1 atom stereocenters. The van der Waals surface area contributed by atoms with Crippen molar-refractivity contribution < 1.29 is 9.21 Å². The van der Waals surface area contributed by atoms with Crippen molar-refractivity contribution in [1.29, 1.82) is 0 Å². The van der Waals surface area contributed by atoms with Crippen LogP contribution in [0.3, 0.4) is 0 Å². The molecule has 2 rings (SSSR count). The fraction of sp³-hybridized carbons (Fsp3) is 0.615. The third-order valence-electron chi connectivity index (χ3n) is 3.36. The zero-order valence-electron chi connectivity index (χ0n) is 10.7. The second-order valence-corrected chi connectivity index (χ2v) is 5.20. The van der Waals surface area contributed by atoms with Gasteiger partial charge in [0.1, 0.15) is 5.76 Å². The highest BCUT2D eigenvalue weighted by molar-refractivity contribution is 5.86. The highest BCUT2D eigenvalue weighted by Gasteiger charge is 2.36. The Bertz CT molecular complexity index is 384. The van der Waals surface area contributed by atoms with E-state index in [1.54, 1.807) is 6.26 Å². The van der Waals surface area contributed by atoms with Crippen molar-refractivity contribution in [3.8, 4) is 0 Å². The second-order valence-electron chi connectivity index (χ2n) is 5.20. The Labute approximate surface area is 102 Å². The molecule has 0 spiro atoms. The largest absolute Gasteiger partial charge is 0.467 e. The topological polar surface area (TPSA) is 45.5 Å². The summed E-state index contributed by atoms with van der Waals surface area (Å²) in [6.07, 6.45) is 2.61. The Morgan fingerprint density at radius 3 is 3.00 bits per heavy atom. The molecule has 2 heterocycles. The van der Waals surface area contributed by atoms with Crippen LogP contribution < -0.4 is 5.32 Å². The van der Waals surface area contributed by atoms with Crippen molar-refractivity contribution in [3.05, 3.63) is 24.2 Å². The number of nitrogens with one attached hydrogen (secondary N) is 1. The van der Waals surface area contributed by atoms with Gasteiger partial charge in [-0.2, -0.15) is 0 Å². The SMILES string of the molecule is CC1CCNC(C)(C)C(=O)N1Cc1ccco1. The highest BCUT2D eigenvalue weighted by atomic mass is 16.3. The van der Waals surface area contributed by atoms with Crippen LogP contribution in [0.2, 0.25) is 0 Å². The van der Waals surface area contributed by atoms with Crippen LogP contribution >= 0.6 is 0 Å². The lowest BCUT2D eigenvalue weighted by Gasteiger charge is -2.31. The number of hydrogen-bond acceptors (Lipinski definition) is 3. The van der Waals surface area contributed by atoms with Gasteiger partial charge in [-0.05, 0) is 45.9 Å². The van der Waals surface area contributed by atoms with Crippen LogP contribution in [0.1, 0.15) is 33.0 Å². The van der Waals surface area contributed by atoms with Crippen molar-refractivity contribution in [3.63, 3.8) is 0 Å². The molecule has 0 aromatic carbocycles. The number of amides is 1. The summed E-state index contributed by atoms with van der Waals surface area (Å²) in [5, 5.41) is 3.29. The van der Waals surface area contributed by atoms with E-state index >= 15 is 0 Å². The molecule has 1 aromatic heterocycles. The van der Waals surface area contributed by atoms with Crippen LogP contribution in [0.5, 0.6) is 0 Å². The smallest absolute Gasteiger partial charge is 0.242 e. The Morgan fingerprint density at radius 2 is 2.35 bits per heavy atom. The van der Waals surface area contributed by atoms with E-state index in [4.69, 9.17) is 4.42 Å². The first-order chi connectivity index (χ1) is 8.00. The summed E-state index contributed by atoms with van der Waals surface area (Å²) >= 11 is 0. The van der Waals surface area contributed by atoms with Crippen LogP contribution in [0.15, 0.2) is 22.8 Å². The van der Waals surface area contributed by atoms with Gasteiger partial charge >= 0.3 is 0 Å². The average Bonchev–Trinajstić information content (AvgIpc) is 2.73. The molecule has 1 unspecified atom stereocenters. The molecule has 1 aliphatic heterocycles. The molecule has 4 heteroatoms. The third kappa shape index (κ3) is 2.52. The normalized spacial score (nSPS) is 24.8. The minimum atomic E-state index is -0.489. The van der Waals surface area contributed by atoms with Gasteiger partial charge in [-0.3, -0.25) is 4.79 Å². The number of carbonyl (C=O) groups excluding carboxylic acids is 1. The minimum absolute atomic E-state index is 0.138. The Morgan fingerprint density at radius 1 is 1.59 bits per heavy atom. The fourth-order valence-electron chi connectivity index (χ4n) is 2.18. The van der Waals surface area contributed by atoms with Crippen LogP contribution in [0.25, 0.3) is 0 Å². The van der Waals surface area contributed by atoms with Crippen molar-refractivity contribution >= 4 is 5.91 Å². The summed E-state index contributed by atoms with van der Waals surface area (Å²) in [5.41, 5.74) is -0.489. The molecule has 0 aliphatic carbocycles. The number of nitrogens with zero attached hydrogens (tertiary/aromatic N) is 1. The lowest BCUT2D eigenvalue weighted by atomic mass is 10.0. The van der Waals surface area contributed by atoms with Crippen LogP contribution in [0, 0.1) is 0 Å². The van der Waals surface area contributed by atoms with Gasteiger partial charge in [0.15, 0.2) is 0 Å². The summed E-state index contributed by atoms with van der Waals surface area (Å²) in [6, 6.07) is 4.00. The molecule has 94 valence electrons. The fourth-order valence-corrected chi connectivity index (χ4v) is 2.18. The molecule has 1 aliphatic rings. The zero-order valence-corrected chi connectivity index (χ0v) is 10.7. The van der Waals surface area contributed by atoms with Crippen LogP contribution in [-0.2, 0) is 11.3 Å². The second kappa shape index (κ2) is 4.53. The van der Waals surface area contributed by atoms with E-state index in [0.29, 0.717) is 6.54 Å². The maximum absolute atomic E-state index is 12.4. The predicted octanol–water partition coefficient (Wildman–Crippen LogP) is 1.77. The van der Waals surface area contributed by atoms with E-state index in [1.807, 2.05) is 30.9 Å². The lowest BCUT2D eigenvalue weighted by molar-refractivity contribution is -0.138.